The third-order valence-corrected chi connectivity index (χ3v) is 20.5. The summed E-state index contributed by atoms with van der Waals surface area (Å²) in [5.41, 5.74) is 30.2. The third-order valence-electron chi connectivity index (χ3n) is 20.5. The molecule has 14 rings (SSSR count). The molecule has 0 saturated carbocycles. The zero-order chi connectivity index (χ0) is 87.4. The standard InChI is InChI=1S/2C17H22N2.C15H16FN.C15H18N2.2C15H17N.C14H16N2/c1-12(2)13-7-6-8-14(9-13)15-10-19-16(11-18-15)17(3,4)5;1-12(2)13-7-6-8-14(9-13)15-10-18-16(19-11-15)17(3,4)5;1-10(2)12-5-4-6-13(7-12)14-8-15(16)11(3)17-9-14;1-4-14-9-17-15(10-16-14)13-7-5-6-12(8-13)11(2)3;2*1-11(2)13-5-4-6-14(9-13)15-8-7-12(3)16-10-15;1-10(2)12-5-4-6-13(7-12)14-9-15-11(3)8-16-14/h2*6-12H,1-5H3;4-10H,1-3H3;5-11H,4H2,1-3H3;2*4-11H,1-3H3;4-10H,1-3H3. The van der Waals surface area contributed by atoms with Crippen molar-refractivity contribution in [3.63, 3.8) is 0 Å². The predicted molar refractivity (Wildman–Crippen MR) is 503 cm³/mol. The van der Waals surface area contributed by atoms with Crippen molar-refractivity contribution in [2.24, 2.45) is 0 Å². The first-order valence-corrected chi connectivity index (χ1v) is 42.5. The molecule has 0 aliphatic rings. The Balaban J connectivity index is 0.000000174. The Kier molecular flexibility index (Phi) is 35.1. The molecule has 120 heavy (non-hydrogen) atoms. The van der Waals surface area contributed by atoms with Gasteiger partial charge in [0, 0.05) is 111 Å². The summed E-state index contributed by atoms with van der Waals surface area (Å²) < 4.78 is 13.5. The van der Waals surface area contributed by atoms with Crippen LogP contribution in [0.4, 0.5) is 4.39 Å². The molecule has 622 valence electrons. The van der Waals surface area contributed by atoms with Crippen LogP contribution in [0.2, 0.25) is 0 Å². The minimum Gasteiger partial charge on any atom is -0.261 e. The van der Waals surface area contributed by atoms with E-state index in [1.54, 1.807) is 25.4 Å². The molecule has 0 fully saturated rings. The van der Waals surface area contributed by atoms with E-state index < -0.39 is 0 Å². The number of pyridine rings is 3. The Labute approximate surface area is 718 Å². The van der Waals surface area contributed by atoms with Gasteiger partial charge in [0.05, 0.1) is 58.4 Å². The highest BCUT2D eigenvalue weighted by Gasteiger charge is 2.19. The van der Waals surface area contributed by atoms with Gasteiger partial charge in [-0.25, -0.2) is 14.4 Å². The average molecular weight is 1600 g/mol. The summed E-state index contributed by atoms with van der Waals surface area (Å²) in [6.45, 7) is 53.3. The van der Waals surface area contributed by atoms with Crippen LogP contribution in [-0.4, -0.2) is 54.8 Å². The lowest BCUT2D eigenvalue weighted by atomic mass is 9.92. The predicted octanol–water partition coefficient (Wildman–Crippen LogP) is 29.2. The van der Waals surface area contributed by atoms with Crippen LogP contribution < -0.4 is 0 Å². The fourth-order valence-electron chi connectivity index (χ4n) is 12.4. The highest BCUT2D eigenvalue weighted by molar-refractivity contribution is 5.67. The molecule has 0 radical (unpaired) electrons. The second-order valence-corrected chi connectivity index (χ2v) is 35.0. The number of rotatable bonds is 15. The van der Waals surface area contributed by atoms with E-state index in [0.29, 0.717) is 47.1 Å². The van der Waals surface area contributed by atoms with E-state index >= 15 is 0 Å². The van der Waals surface area contributed by atoms with Crippen LogP contribution in [0, 0.1) is 33.5 Å². The molecule has 0 aliphatic carbocycles. The zero-order valence-corrected chi connectivity index (χ0v) is 75.9. The van der Waals surface area contributed by atoms with Gasteiger partial charge in [-0.3, -0.25) is 44.9 Å². The number of aromatic nitrogens is 11. The molecule has 0 unspecified atom stereocenters. The van der Waals surface area contributed by atoms with Crippen LogP contribution in [-0.2, 0) is 17.3 Å². The lowest BCUT2D eigenvalue weighted by molar-refractivity contribution is 0.545. The second-order valence-electron chi connectivity index (χ2n) is 35.0. The first-order valence-electron chi connectivity index (χ1n) is 42.5. The van der Waals surface area contributed by atoms with Gasteiger partial charge in [0.1, 0.15) is 11.6 Å². The smallest absolute Gasteiger partial charge is 0.145 e. The van der Waals surface area contributed by atoms with Crippen molar-refractivity contribution >= 4 is 0 Å². The summed E-state index contributed by atoms with van der Waals surface area (Å²) in [6.07, 6.45) is 21.5. The van der Waals surface area contributed by atoms with Gasteiger partial charge >= 0.3 is 0 Å². The highest BCUT2D eigenvalue weighted by atomic mass is 19.1. The van der Waals surface area contributed by atoms with Crippen molar-refractivity contribution in [2.75, 3.05) is 0 Å². The number of nitrogens with zero attached hydrogens (tertiary/aromatic N) is 11. The summed E-state index contributed by atoms with van der Waals surface area (Å²) in [5, 5.41) is 0. The van der Waals surface area contributed by atoms with Crippen molar-refractivity contribution in [1.29, 1.82) is 0 Å². The van der Waals surface area contributed by atoms with Crippen molar-refractivity contribution < 1.29 is 4.39 Å². The molecule has 0 saturated heterocycles. The van der Waals surface area contributed by atoms with Crippen molar-refractivity contribution in [3.05, 3.63) is 353 Å². The molecule has 0 aliphatic heterocycles. The number of benzene rings is 7. The Morgan fingerprint density at radius 3 is 0.833 bits per heavy atom. The van der Waals surface area contributed by atoms with Gasteiger partial charge in [-0.15, -0.1) is 0 Å². The monoisotopic (exact) mass is 1600 g/mol. The van der Waals surface area contributed by atoms with E-state index in [-0.39, 0.29) is 16.6 Å². The second kappa shape index (κ2) is 44.9. The van der Waals surface area contributed by atoms with E-state index in [2.05, 4.69) is 382 Å². The topological polar surface area (TPSA) is 142 Å². The molecule has 12 heteroatoms. The Hall–Kier alpha value is -11.8. The van der Waals surface area contributed by atoms with Gasteiger partial charge in [-0.05, 0) is 173 Å². The van der Waals surface area contributed by atoms with Crippen LogP contribution in [0.1, 0.15) is 266 Å². The van der Waals surface area contributed by atoms with Crippen LogP contribution in [0.5, 0.6) is 0 Å². The number of aryl methyl sites for hydroxylation is 5. The molecule has 7 aromatic heterocycles. The number of hydrogen-bond acceptors (Lipinski definition) is 11. The molecule has 7 heterocycles. The van der Waals surface area contributed by atoms with Gasteiger partial charge < -0.3 is 0 Å². The first kappa shape index (κ1) is 93.7. The van der Waals surface area contributed by atoms with E-state index in [4.69, 9.17) is 0 Å². The fourth-order valence-corrected chi connectivity index (χ4v) is 12.4. The Morgan fingerprint density at radius 1 is 0.250 bits per heavy atom. The molecular formula is C108H128FN11. The summed E-state index contributed by atoms with van der Waals surface area (Å²) in [4.78, 5) is 48.3. The summed E-state index contributed by atoms with van der Waals surface area (Å²) in [6, 6.07) is 69.6. The maximum Gasteiger partial charge on any atom is 0.145 e. The minimum absolute atomic E-state index is 0.00168. The maximum absolute atomic E-state index is 13.5. The third kappa shape index (κ3) is 29.1. The number of hydrogen-bond donors (Lipinski definition) is 0. The quantitative estimate of drug-likeness (QED) is 0.0968. The molecule has 0 amide bonds. The lowest BCUT2D eigenvalue weighted by Gasteiger charge is -2.17. The molecule has 11 nitrogen and oxygen atoms in total. The maximum atomic E-state index is 13.5. The van der Waals surface area contributed by atoms with E-state index in [1.807, 2.05) is 88.7 Å². The van der Waals surface area contributed by atoms with Crippen molar-refractivity contribution in [2.45, 2.75) is 232 Å². The normalized spacial score (nSPS) is 11.1. The SMILES string of the molecule is CC(C)c1cccc(-c2cnc(C(C)(C)C)cn2)c1.CC(C)c1cccc(-c2cnc(C(C)(C)C)nc2)c1.CCc1cnc(-c2cccc(C(C)C)c2)cn1.Cc1ccc(-c2cccc(C(C)C)c2)cn1.Cc1ccc(-c2cccc(C(C)C)c2)cn1.Cc1cnc(-c2cccc(C(C)C)c2)cn1.Cc1ncc(-c2cccc(C(C)C)c2)cc1F. The summed E-state index contributed by atoms with van der Waals surface area (Å²) in [7, 11) is 0. The van der Waals surface area contributed by atoms with Crippen LogP contribution in [0.25, 0.3) is 78.3 Å². The summed E-state index contributed by atoms with van der Waals surface area (Å²) >= 11 is 0. The van der Waals surface area contributed by atoms with Crippen LogP contribution in [0.3, 0.4) is 0 Å². The minimum atomic E-state index is -0.252. The van der Waals surface area contributed by atoms with Gasteiger partial charge in [-0.1, -0.05) is 309 Å². The molecular weight excluding hydrogens is 1470 g/mol. The molecule has 0 spiro atoms. The molecule has 7 aromatic carbocycles. The zero-order valence-electron chi connectivity index (χ0n) is 75.9. The molecule has 0 bridgehead atoms. The fraction of sp³-hybridized carbons (Fsp3) is 0.324. The van der Waals surface area contributed by atoms with Gasteiger partial charge in [0.25, 0.3) is 0 Å². The summed E-state index contributed by atoms with van der Waals surface area (Å²) in [5.74, 6) is 4.39. The Bertz CT molecular complexity index is 5120. The van der Waals surface area contributed by atoms with Crippen LogP contribution in [0.15, 0.2) is 268 Å². The van der Waals surface area contributed by atoms with Crippen LogP contribution >= 0.6 is 0 Å². The van der Waals surface area contributed by atoms with E-state index in [1.165, 1.54) is 66.8 Å². The van der Waals surface area contributed by atoms with Gasteiger partial charge in [0.2, 0.25) is 0 Å². The van der Waals surface area contributed by atoms with Gasteiger partial charge in [-0.2, -0.15) is 0 Å². The molecule has 0 N–H and O–H groups in total. The van der Waals surface area contributed by atoms with E-state index in [9.17, 15) is 4.39 Å². The van der Waals surface area contributed by atoms with Crippen molar-refractivity contribution in [3.8, 4) is 78.3 Å². The highest BCUT2D eigenvalue weighted by Crippen LogP contribution is 2.32. The van der Waals surface area contributed by atoms with Gasteiger partial charge in [0.15, 0.2) is 0 Å². The molecule has 14 aromatic rings. The van der Waals surface area contributed by atoms with Crippen molar-refractivity contribution in [1.82, 2.24) is 54.8 Å². The average Bonchev–Trinajstić information content (AvgIpc) is 0.833. The Morgan fingerprint density at radius 2 is 0.550 bits per heavy atom. The largest absolute Gasteiger partial charge is 0.261 e. The lowest BCUT2D eigenvalue weighted by Crippen LogP contribution is -2.15. The first-order chi connectivity index (χ1) is 57.0. The molecule has 0 atom stereocenters. The number of halogens is 1. The van der Waals surface area contributed by atoms with E-state index in [0.717, 1.165) is 91.2 Å².